The van der Waals surface area contributed by atoms with E-state index < -0.39 is 68.0 Å². The number of aliphatic hydroxyl groups is 2. The molecule has 0 spiro atoms. The maximum absolute atomic E-state index is 12.8. The molecular weight excluding hydrogens is 1580 g/mol. The number of aliphatic carboxylic acids is 1. The van der Waals surface area contributed by atoms with Crippen LogP contribution >= 0.6 is 35.3 Å². The summed E-state index contributed by atoms with van der Waals surface area (Å²) in [4.78, 5) is 111. The molecule has 3 fully saturated rings. The van der Waals surface area contributed by atoms with Gasteiger partial charge < -0.3 is 67.4 Å². The number of allylic oxidation sites excluding steroid dienone is 3. The lowest BCUT2D eigenvalue weighted by atomic mass is 9.86. The Bertz CT molecular complexity index is 4740. The molecular formula is C82H82N6O26S3. The molecule has 0 aliphatic carbocycles. The van der Waals surface area contributed by atoms with E-state index in [2.05, 4.69) is 13.2 Å². The van der Waals surface area contributed by atoms with Crippen molar-refractivity contribution in [3.8, 4) is 51.7 Å². The van der Waals surface area contributed by atoms with Gasteiger partial charge in [-0.2, -0.15) is 0 Å². The normalized spacial score (nSPS) is 18.7. The Balaban J connectivity index is 0.000000185. The largest absolute Gasteiger partial charge is 0.493 e. The van der Waals surface area contributed by atoms with Crippen LogP contribution in [-0.4, -0.2) is 163 Å². The lowest BCUT2D eigenvalue weighted by Crippen LogP contribution is -2.60. The second-order valence-corrected chi connectivity index (χ2v) is 29.9. The monoisotopic (exact) mass is 1660 g/mol. The molecule has 32 nitrogen and oxygen atoms in total. The molecule has 8 atom stereocenters. The molecule has 3 saturated heterocycles. The molecule has 35 heteroatoms. The number of carboxylic acids is 1. The molecule has 0 radical (unpaired) electrons. The van der Waals surface area contributed by atoms with Crippen molar-refractivity contribution in [3.63, 3.8) is 0 Å². The van der Waals surface area contributed by atoms with Crippen molar-refractivity contribution < 1.29 is 111 Å². The number of hydrogen-bond donors (Lipinski definition) is 3. The molecule has 0 aromatic heterocycles. The number of amides is 3. The number of fused-ring (bicyclic) bond motifs is 3. The van der Waals surface area contributed by atoms with Crippen molar-refractivity contribution >= 4 is 88.0 Å². The highest BCUT2D eigenvalue weighted by Crippen LogP contribution is 2.54. The minimum Gasteiger partial charge on any atom is -0.493 e. The van der Waals surface area contributed by atoms with E-state index in [-0.39, 0.29) is 121 Å². The Morgan fingerprint density at radius 1 is 0.436 bits per heavy atom. The third-order valence-corrected chi connectivity index (χ3v) is 22.3. The van der Waals surface area contributed by atoms with Gasteiger partial charge in [0.05, 0.1) is 71.4 Å². The van der Waals surface area contributed by atoms with Gasteiger partial charge in [0.25, 0.3) is 17.1 Å². The van der Waals surface area contributed by atoms with E-state index in [4.69, 9.17) is 52.1 Å². The summed E-state index contributed by atoms with van der Waals surface area (Å²) in [6, 6.07) is 33.4. The molecule has 0 bridgehead atoms. The number of ether oxygens (including phenoxy) is 11. The molecule has 12 rings (SSSR count). The molecule has 6 aromatic rings. The van der Waals surface area contributed by atoms with Gasteiger partial charge in [0, 0.05) is 51.1 Å². The number of nitro groups is 3. The summed E-state index contributed by atoms with van der Waals surface area (Å²) in [6.07, 6.45) is 11.4. The number of methoxy groups -OCH3 is 3. The van der Waals surface area contributed by atoms with Crippen LogP contribution in [0.2, 0.25) is 0 Å². The molecule has 0 saturated carbocycles. The number of thioether (sulfide) groups is 3. The zero-order chi connectivity index (χ0) is 84.3. The third kappa shape index (κ3) is 20.8. The Hall–Kier alpha value is -12.6. The van der Waals surface area contributed by atoms with Crippen molar-refractivity contribution in [2.45, 2.75) is 75.8 Å². The highest BCUT2D eigenvalue weighted by atomic mass is 32.2. The molecule has 117 heavy (non-hydrogen) atoms. The Labute approximate surface area is 683 Å². The van der Waals surface area contributed by atoms with Crippen LogP contribution in [0.15, 0.2) is 221 Å². The number of aliphatic hydroxyl groups excluding tert-OH is 2. The number of benzene rings is 6. The van der Waals surface area contributed by atoms with Crippen LogP contribution in [0, 0.1) is 54.0 Å². The zero-order valence-corrected chi connectivity index (χ0v) is 66.6. The first-order valence-corrected chi connectivity index (χ1v) is 38.7. The van der Waals surface area contributed by atoms with Crippen LogP contribution in [0.4, 0.5) is 17.1 Å². The molecule has 6 heterocycles. The Kier molecular flexibility index (Phi) is 29.8. The average Bonchev–Trinajstić information content (AvgIpc) is 1.60. The predicted octanol–water partition coefficient (Wildman–Crippen LogP) is 12.5. The second-order valence-electron chi connectivity index (χ2n) is 26.4. The second kappa shape index (κ2) is 40.1. The van der Waals surface area contributed by atoms with Crippen LogP contribution in [0.5, 0.6) is 51.7 Å². The van der Waals surface area contributed by atoms with Crippen molar-refractivity contribution in [3.05, 3.63) is 268 Å². The Morgan fingerprint density at radius 3 is 1.00 bits per heavy atom. The van der Waals surface area contributed by atoms with E-state index in [9.17, 15) is 74.4 Å². The first-order valence-electron chi connectivity index (χ1n) is 36.1. The summed E-state index contributed by atoms with van der Waals surface area (Å²) in [5.41, 5.74) is 2.68. The van der Waals surface area contributed by atoms with Crippen LogP contribution in [0.3, 0.4) is 0 Å². The van der Waals surface area contributed by atoms with E-state index in [1.807, 2.05) is 26.0 Å². The minimum absolute atomic E-state index is 0.00524. The number of hydrogen-bond acceptors (Lipinski definition) is 28. The summed E-state index contributed by atoms with van der Waals surface area (Å²) < 4.78 is 61.4. The first-order chi connectivity index (χ1) is 56.2. The van der Waals surface area contributed by atoms with Crippen molar-refractivity contribution in [1.29, 1.82) is 0 Å². The number of esters is 2. The van der Waals surface area contributed by atoms with Gasteiger partial charge in [-0.05, 0) is 146 Å². The van der Waals surface area contributed by atoms with E-state index in [1.54, 1.807) is 98.0 Å². The summed E-state index contributed by atoms with van der Waals surface area (Å²) in [5.74, 6) is 0.00808. The predicted molar refractivity (Wildman–Crippen MR) is 430 cm³/mol. The number of nitrogens with zero attached hydrogens (tertiary/aromatic N) is 6. The fourth-order valence-corrected chi connectivity index (χ4v) is 17.2. The molecule has 3 amide bonds. The fourth-order valence-electron chi connectivity index (χ4n) is 12.5. The van der Waals surface area contributed by atoms with E-state index in [0.717, 1.165) is 16.7 Å². The fraction of sp³-hybridized carbons (Fsp3) is 0.293. The highest BCUT2D eigenvalue weighted by molar-refractivity contribution is 8.04. The van der Waals surface area contributed by atoms with Crippen molar-refractivity contribution in [1.82, 2.24) is 14.7 Å². The molecule has 6 aromatic carbocycles. The van der Waals surface area contributed by atoms with Gasteiger partial charge in [-0.1, -0.05) is 92.6 Å². The van der Waals surface area contributed by atoms with E-state index in [0.29, 0.717) is 66.5 Å². The van der Waals surface area contributed by atoms with Gasteiger partial charge in [-0.15, -0.1) is 0 Å². The summed E-state index contributed by atoms with van der Waals surface area (Å²) >= 11 is 4.02. The number of carbonyl (C=O) groups is 6. The Morgan fingerprint density at radius 2 is 0.726 bits per heavy atom. The third-order valence-electron chi connectivity index (χ3n) is 18.3. The van der Waals surface area contributed by atoms with Gasteiger partial charge in [0.2, 0.25) is 17.7 Å². The first kappa shape index (κ1) is 86.8. The maximum atomic E-state index is 12.8. The van der Waals surface area contributed by atoms with Crippen molar-refractivity contribution in [2.24, 2.45) is 23.7 Å². The van der Waals surface area contributed by atoms with Crippen molar-refractivity contribution in [2.75, 3.05) is 54.4 Å². The molecule has 3 N–H and O–H groups in total. The van der Waals surface area contributed by atoms with Gasteiger partial charge in [-0.25, -0.2) is 14.4 Å². The topological polar surface area (TPSA) is 404 Å². The minimum atomic E-state index is -1.21. The standard InChI is InChI=1S/C29H30N2O8S.C28H28N2O9S.C25H24N2O9S/c1-5-14-38-29(33)26-24(40-28-25(18(2)3)27(32)30(26)28)7-6-15-37-22-13-8-19(16-23(22)36-4)17-39-21-11-9-20(10-12-21)31(34)35;1-4-13-38-28(33)25-23(40-27-24(17(2)31)26(32)29(25)27)6-5-14-37-21-12-7-18(15-22(21)36-3)16-39-20-10-8-19(9-11-20)30(34)35;1-14(28)21-23(29)26-22(25(30)31)20(37-24(21)26)4-3-11-35-18-10-5-15(12-19(18)34-2)13-36-17-8-6-16(7-9-17)27(32)33/h5-13,16,18,25,28H,1,14-15,17H2,2-4H3;4-12,15,17,24,27,31H,1,13-14,16H2,2-3H3;3-10,12,14,21,24,28H,11,13H2,1-2H3,(H,30,31)/b7-6+;6-5+;4-3+/t25-,28+;17-,24+,27-;14-,21+,24-/m011/s1. The van der Waals surface area contributed by atoms with Gasteiger partial charge in [-0.3, -0.25) is 59.4 Å². The number of rotatable bonds is 37. The number of carboxylic acid groups (broad SMARTS) is 1. The van der Waals surface area contributed by atoms with Crippen LogP contribution in [-0.2, 0) is 58.1 Å². The van der Waals surface area contributed by atoms with Gasteiger partial charge in [0.1, 0.15) is 97.9 Å². The van der Waals surface area contributed by atoms with E-state index in [1.165, 1.54) is 151 Å². The number of carbonyl (C=O) groups excluding carboxylic acids is 5. The molecule has 6 aliphatic rings. The summed E-state index contributed by atoms with van der Waals surface area (Å²) in [7, 11) is 4.55. The van der Waals surface area contributed by atoms with Gasteiger partial charge >= 0.3 is 17.9 Å². The van der Waals surface area contributed by atoms with Crippen LogP contribution in [0.25, 0.3) is 0 Å². The number of β-lactam (4-membered cyclic amide) rings is 3. The van der Waals surface area contributed by atoms with Crippen LogP contribution < -0.4 is 42.6 Å². The molecule has 0 unspecified atom stereocenters. The lowest BCUT2D eigenvalue weighted by Gasteiger charge is -2.44. The summed E-state index contributed by atoms with van der Waals surface area (Å²) in [6.45, 7) is 15.4. The van der Waals surface area contributed by atoms with E-state index >= 15 is 0 Å². The van der Waals surface area contributed by atoms with Gasteiger partial charge in [0.15, 0.2) is 34.5 Å². The quantitative estimate of drug-likeness (QED) is 0.0107. The number of non-ortho nitro benzene ring substituents is 3. The summed E-state index contributed by atoms with van der Waals surface area (Å²) in [5, 5.41) is 60.8. The molecule has 6 aliphatic heterocycles. The highest BCUT2D eigenvalue weighted by Gasteiger charge is 2.59. The number of nitro benzene ring substituents is 3. The SMILES string of the molecule is C=CCOC(=O)C1=C(/C=C/COc2ccc(COc3ccc([N+](=O)[O-])cc3)cc2OC)S[C@@H]2[C@@H](C(C)C)C(=O)N12.C=CCOC(=O)C1=C(/C=C/COc2ccc(COc3ccc([N+](=O)[O-])cc3)cc2OC)S[C@@H]2[C@@H]([C@@H](C)O)C(=O)N12.COc1cc(COc2ccc([N+](=O)[O-])cc2)ccc1OC/C=C/C1=C(C(=O)O)N2C(=O)[C@H]([C@@H](C)O)[C@H]2S1. The maximum Gasteiger partial charge on any atom is 0.356 e. The van der Waals surface area contributed by atoms with Crippen LogP contribution in [0.1, 0.15) is 44.4 Å². The lowest BCUT2D eigenvalue weighted by molar-refractivity contribution is -0.385. The zero-order valence-electron chi connectivity index (χ0n) is 64.1. The molecule has 614 valence electrons. The average molecular weight is 1660 g/mol. The smallest absolute Gasteiger partial charge is 0.356 e.